The van der Waals surface area contributed by atoms with Gasteiger partial charge in [0.25, 0.3) is 24.4 Å². The lowest BCUT2D eigenvalue weighted by molar-refractivity contribution is -0.123. The van der Waals surface area contributed by atoms with Crippen LogP contribution in [-0.2, 0) is 29.7 Å². The quantitative estimate of drug-likeness (QED) is 0.447. The molecule has 12 nitrogen and oxygen atoms in total. The molecule has 3 N–H and O–H groups in total. The number of hydrogen-bond donors (Lipinski definition) is 3. The Morgan fingerprint density at radius 1 is 1.08 bits per heavy atom. The molecule has 0 spiro atoms. The Bertz CT molecular complexity index is 1240. The molecular formula is C24H28N6O6. The minimum absolute atomic E-state index is 0.189. The standard InChI is InChI=1S/C22H24N6O2.2CH2O2/c1-26-9-8-24-20(26)11-25-21(29)17-5-6-18-16-10-15(13-28(18)22(17)30)12-27(14-16)19-4-2-3-7-23-19;2*2-1-3/h2-9,15-16H,10-14H2,1H3,(H,25,29);2*1H,(H,2,3)/t15-,16+;;/m0../s1. The maximum atomic E-state index is 13.1. The lowest BCUT2D eigenvalue weighted by Gasteiger charge is -2.43. The molecule has 2 aliphatic rings. The van der Waals surface area contributed by atoms with E-state index in [-0.39, 0.29) is 42.4 Å². The van der Waals surface area contributed by atoms with Crippen molar-refractivity contribution in [2.75, 3.05) is 18.0 Å². The second-order valence-corrected chi connectivity index (χ2v) is 8.33. The molecule has 3 aromatic heterocycles. The van der Waals surface area contributed by atoms with Gasteiger partial charge in [-0.05, 0) is 36.6 Å². The lowest BCUT2D eigenvalue weighted by Crippen LogP contribution is -2.48. The van der Waals surface area contributed by atoms with Crippen LogP contribution in [0.5, 0.6) is 0 Å². The van der Waals surface area contributed by atoms with Gasteiger partial charge in [-0.3, -0.25) is 19.2 Å². The summed E-state index contributed by atoms with van der Waals surface area (Å²) in [7, 11) is 1.87. The third kappa shape index (κ3) is 5.95. The maximum absolute atomic E-state index is 13.1. The molecule has 1 amide bonds. The summed E-state index contributed by atoms with van der Waals surface area (Å²) in [6.45, 7) is 2.12. The molecule has 5 rings (SSSR count). The number of anilines is 1. The van der Waals surface area contributed by atoms with Crippen molar-refractivity contribution in [1.82, 2.24) is 24.4 Å². The van der Waals surface area contributed by atoms with Gasteiger partial charge in [0, 0.05) is 56.9 Å². The second kappa shape index (κ2) is 12.3. The molecule has 2 aliphatic heterocycles. The van der Waals surface area contributed by atoms with Gasteiger partial charge in [-0.1, -0.05) is 6.07 Å². The third-order valence-corrected chi connectivity index (χ3v) is 6.15. The first-order valence-corrected chi connectivity index (χ1v) is 11.2. The zero-order valence-electron chi connectivity index (χ0n) is 19.7. The Morgan fingerprint density at radius 3 is 2.47 bits per heavy atom. The molecule has 0 unspecified atom stereocenters. The summed E-state index contributed by atoms with van der Waals surface area (Å²) in [6, 6.07) is 9.57. The number of carbonyl (C=O) groups is 3. The summed E-state index contributed by atoms with van der Waals surface area (Å²) < 4.78 is 3.65. The fourth-order valence-electron chi connectivity index (χ4n) is 4.67. The van der Waals surface area contributed by atoms with Gasteiger partial charge >= 0.3 is 0 Å². The van der Waals surface area contributed by atoms with E-state index < -0.39 is 0 Å². The van der Waals surface area contributed by atoms with E-state index in [1.807, 2.05) is 52.8 Å². The van der Waals surface area contributed by atoms with Crippen LogP contribution >= 0.6 is 0 Å². The van der Waals surface area contributed by atoms with Gasteiger partial charge in [0.05, 0.1) is 6.54 Å². The topological polar surface area (TPSA) is 160 Å². The summed E-state index contributed by atoms with van der Waals surface area (Å²) in [5, 5.41) is 16.6. The monoisotopic (exact) mass is 496 g/mol. The van der Waals surface area contributed by atoms with E-state index in [4.69, 9.17) is 19.8 Å². The van der Waals surface area contributed by atoms with Crippen molar-refractivity contribution < 1.29 is 24.6 Å². The number of carboxylic acid groups (broad SMARTS) is 2. The fraction of sp³-hybridized carbons (Fsp3) is 0.333. The van der Waals surface area contributed by atoms with Gasteiger partial charge in [-0.15, -0.1) is 0 Å². The number of piperidine rings is 1. The zero-order valence-corrected chi connectivity index (χ0v) is 19.7. The van der Waals surface area contributed by atoms with Gasteiger partial charge in [0.1, 0.15) is 17.2 Å². The molecule has 0 saturated carbocycles. The number of aromatic nitrogens is 4. The Hall–Kier alpha value is -4.48. The Labute approximate surface area is 206 Å². The Balaban J connectivity index is 0.000000550. The summed E-state index contributed by atoms with van der Waals surface area (Å²) >= 11 is 0. The molecule has 5 heterocycles. The molecule has 190 valence electrons. The van der Waals surface area contributed by atoms with Gasteiger partial charge in [0.2, 0.25) is 0 Å². The molecule has 2 atom stereocenters. The van der Waals surface area contributed by atoms with E-state index in [1.165, 1.54) is 0 Å². The molecule has 0 aliphatic carbocycles. The van der Waals surface area contributed by atoms with Crippen molar-refractivity contribution >= 4 is 24.7 Å². The van der Waals surface area contributed by atoms with Crippen molar-refractivity contribution in [3.8, 4) is 0 Å². The maximum Gasteiger partial charge on any atom is 0.290 e. The predicted octanol–water partition coefficient (Wildman–Crippen LogP) is 0.932. The van der Waals surface area contributed by atoms with E-state index in [0.717, 1.165) is 36.8 Å². The number of hydrogen-bond acceptors (Lipinski definition) is 7. The first-order chi connectivity index (χ1) is 17.4. The van der Waals surface area contributed by atoms with E-state index in [1.54, 1.807) is 12.3 Å². The highest BCUT2D eigenvalue weighted by atomic mass is 16.3. The number of nitrogens with one attached hydrogen (secondary N) is 1. The highest BCUT2D eigenvalue weighted by Gasteiger charge is 2.35. The smallest absolute Gasteiger partial charge is 0.290 e. The zero-order chi connectivity index (χ0) is 26.1. The minimum atomic E-state index is -0.357. The average molecular weight is 497 g/mol. The van der Waals surface area contributed by atoms with Crippen molar-refractivity contribution in [3.63, 3.8) is 0 Å². The summed E-state index contributed by atoms with van der Waals surface area (Å²) in [4.78, 5) is 53.5. The fourth-order valence-corrected chi connectivity index (χ4v) is 4.67. The van der Waals surface area contributed by atoms with Gasteiger partial charge < -0.3 is 29.6 Å². The van der Waals surface area contributed by atoms with Crippen molar-refractivity contribution in [2.45, 2.75) is 25.4 Å². The van der Waals surface area contributed by atoms with Gasteiger partial charge in [-0.2, -0.15) is 0 Å². The number of pyridine rings is 2. The van der Waals surface area contributed by atoms with Gasteiger partial charge in [-0.25, -0.2) is 9.97 Å². The normalized spacial score (nSPS) is 17.3. The van der Waals surface area contributed by atoms with Crippen LogP contribution in [0.3, 0.4) is 0 Å². The predicted molar refractivity (Wildman–Crippen MR) is 130 cm³/mol. The average Bonchev–Trinajstić information content (AvgIpc) is 3.29. The SMILES string of the molecule is Cn1ccnc1CNC(=O)c1ccc2n(c1=O)C[C@H]1C[C@@H]2CN(c2ccccn2)C1.O=CO.O=CO. The second-order valence-electron chi connectivity index (χ2n) is 8.33. The van der Waals surface area contributed by atoms with Crippen LogP contribution < -0.4 is 15.8 Å². The highest BCUT2D eigenvalue weighted by molar-refractivity contribution is 5.93. The molecule has 0 radical (unpaired) electrons. The van der Waals surface area contributed by atoms with Crippen LogP contribution in [0.25, 0.3) is 0 Å². The molecule has 12 heteroatoms. The van der Waals surface area contributed by atoms with Crippen molar-refractivity contribution in [2.24, 2.45) is 13.0 Å². The van der Waals surface area contributed by atoms with Crippen LogP contribution in [-0.4, -0.2) is 61.3 Å². The first-order valence-electron chi connectivity index (χ1n) is 11.2. The number of carbonyl (C=O) groups excluding carboxylic acids is 1. The minimum Gasteiger partial charge on any atom is -0.483 e. The largest absolute Gasteiger partial charge is 0.483 e. The molecule has 2 bridgehead atoms. The molecule has 36 heavy (non-hydrogen) atoms. The number of imidazole rings is 1. The van der Waals surface area contributed by atoms with Crippen molar-refractivity contribution in [1.29, 1.82) is 0 Å². The summed E-state index contributed by atoms with van der Waals surface area (Å²) in [6.07, 6.45) is 6.38. The molecule has 1 fully saturated rings. The van der Waals surface area contributed by atoms with E-state index in [9.17, 15) is 9.59 Å². The summed E-state index contributed by atoms with van der Waals surface area (Å²) in [5.41, 5.74) is 0.998. The molecule has 1 saturated heterocycles. The van der Waals surface area contributed by atoms with E-state index in [2.05, 4.69) is 20.2 Å². The molecule has 3 aromatic rings. The summed E-state index contributed by atoms with van der Waals surface area (Å²) in [5.74, 6) is 1.99. The number of nitrogens with zero attached hydrogens (tertiary/aromatic N) is 5. The highest BCUT2D eigenvalue weighted by Crippen LogP contribution is 2.36. The van der Waals surface area contributed by atoms with Crippen molar-refractivity contribution in [3.05, 3.63) is 76.4 Å². The van der Waals surface area contributed by atoms with Crippen LogP contribution in [0.2, 0.25) is 0 Å². The lowest BCUT2D eigenvalue weighted by atomic mass is 9.83. The Kier molecular flexibility index (Phi) is 8.92. The molecular weight excluding hydrogens is 468 g/mol. The number of fused-ring (bicyclic) bond motifs is 4. The third-order valence-electron chi connectivity index (χ3n) is 6.15. The van der Waals surface area contributed by atoms with E-state index >= 15 is 0 Å². The van der Waals surface area contributed by atoms with Crippen LogP contribution in [0.1, 0.15) is 34.2 Å². The van der Waals surface area contributed by atoms with Gasteiger partial charge in [0.15, 0.2) is 0 Å². The van der Waals surface area contributed by atoms with E-state index in [0.29, 0.717) is 12.5 Å². The molecule has 0 aromatic carbocycles. The Morgan fingerprint density at radius 2 is 1.83 bits per heavy atom. The van der Waals surface area contributed by atoms with Crippen LogP contribution in [0.4, 0.5) is 5.82 Å². The van der Waals surface area contributed by atoms with Crippen LogP contribution in [0, 0.1) is 5.92 Å². The first kappa shape index (κ1) is 26.1. The number of amides is 1. The van der Waals surface area contributed by atoms with Crippen LogP contribution in [0.15, 0.2) is 53.7 Å². The number of aryl methyl sites for hydroxylation is 1. The number of rotatable bonds is 4.